The normalized spacial score (nSPS) is 12.2. The van der Waals surface area contributed by atoms with E-state index in [2.05, 4.69) is 4.72 Å². The van der Waals surface area contributed by atoms with Gasteiger partial charge in [0, 0.05) is 0 Å². The van der Waals surface area contributed by atoms with Crippen molar-refractivity contribution in [2.24, 2.45) is 0 Å². The van der Waals surface area contributed by atoms with Crippen LogP contribution in [0, 0.1) is 13.8 Å². The van der Waals surface area contributed by atoms with Gasteiger partial charge in [-0.1, -0.05) is 35.4 Å². The standard InChI is InChI=1S/C14H15NOS/c1-11-3-7-13(8-4-11)15-17(16)14-9-5-12(2)6-10-14/h3-10,15H,1-2H3. The molecule has 2 aromatic carbocycles. The maximum Gasteiger partial charge on any atom is 0.179 e. The van der Waals surface area contributed by atoms with Gasteiger partial charge < -0.3 is 4.55 Å². The zero-order valence-corrected chi connectivity index (χ0v) is 10.8. The van der Waals surface area contributed by atoms with E-state index in [4.69, 9.17) is 0 Å². The maximum absolute atomic E-state index is 12.0. The highest BCUT2D eigenvalue weighted by molar-refractivity contribution is 7.92. The van der Waals surface area contributed by atoms with E-state index in [1.165, 1.54) is 11.1 Å². The molecule has 0 fully saturated rings. The Morgan fingerprint density at radius 3 is 1.82 bits per heavy atom. The molecule has 17 heavy (non-hydrogen) atoms. The average Bonchev–Trinajstić information content (AvgIpc) is 2.33. The molecule has 0 heterocycles. The van der Waals surface area contributed by atoms with Crippen molar-refractivity contribution in [3.63, 3.8) is 0 Å². The summed E-state index contributed by atoms with van der Waals surface area (Å²) in [6, 6.07) is 15.5. The molecule has 1 unspecified atom stereocenters. The van der Waals surface area contributed by atoms with Gasteiger partial charge in [0.2, 0.25) is 0 Å². The van der Waals surface area contributed by atoms with E-state index in [0.29, 0.717) is 0 Å². The van der Waals surface area contributed by atoms with Crippen molar-refractivity contribution in [3.8, 4) is 0 Å². The molecule has 0 aliphatic carbocycles. The molecule has 0 bridgehead atoms. The molecule has 0 saturated carbocycles. The second-order valence-corrected chi connectivity index (χ2v) is 5.26. The van der Waals surface area contributed by atoms with Gasteiger partial charge in [-0.3, -0.25) is 0 Å². The summed E-state index contributed by atoms with van der Waals surface area (Å²) in [5.41, 5.74) is 3.23. The van der Waals surface area contributed by atoms with Crippen LogP contribution in [0.25, 0.3) is 0 Å². The summed E-state index contributed by atoms with van der Waals surface area (Å²) in [5, 5.41) is 0. The van der Waals surface area contributed by atoms with Gasteiger partial charge >= 0.3 is 0 Å². The number of anilines is 1. The lowest BCUT2D eigenvalue weighted by molar-refractivity contribution is 0.600. The first-order valence-electron chi connectivity index (χ1n) is 5.47. The van der Waals surface area contributed by atoms with E-state index in [-0.39, 0.29) is 0 Å². The Kier molecular flexibility index (Phi) is 3.71. The van der Waals surface area contributed by atoms with Crippen molar-refractivity contribution in [2.45, 2.75) is 18.7 Å². The van der Waals surface area contributed by atoms with Gasteiger partial charge in [0.15, 0.2) is 4.90 Å². The number of aryl methyl sites for hydroxylation is 2. The van der Waals surface area contributed by atoms with Crippen molar-refractivity contribution in [1.29, 1.82) is 0 Å². The van der Waals surface area contributed by atoms with Gasteiger partial charge in [0.05, 0.1) is 5.69 Å². The molecule has 2 aromatic rings. The third-order valence-corrected chi connectivity index (χ3v) is 3.62. The Morgan fingerprint density at radius 1 is 0.824 bits per heavy atom. The first kappa shape index (κ1) is 12.0. The fourth-order valence-corrected chi connectivity index (χ4v) is 2.30. The van der Waals surface area contributed by atoms with Crippen LogP contribution in [0.4, 0.5) is 5.69 Å². The van der Waals surface area contributed by atoms with Crippen LogP contribution in [0.15, 0.2) is 53.4 Å². The Balaban J connectivity index is 2.08. The quantitative estimate of drug-likeness (QED) is 0.841. The SMILES string of the molecule is Cc1ccc(N[S+]([O-])c2ccc(C)cc2)cc1. The van der Waals surface area contributed by atoms with E-state index in [1.54, 1.807) is 0 Å². The summed E-state index contributed by atoms with van der Waals surface area (Å²) >= 11 is -1.20. The predicted octanol–water partition coefficient (Wildman–Crippen LogP) is 3.44. The van der Waals surface area contributed by atoms with E-state index in [0.717, 1.165) is 10.6 Å². The lowest BCUT2D eigenvalue weighted by Gasteiger charge is -2.11. The molecule has 0 radical (unpaired) electrons. The second-order valence-electron chi connectivity index (χ2n) is 4.05. The van der Waals surface area contributed by atoms with E-state index in [9.17, 15) is 4.55 Å². The Labute approximate surface area is 105 Å². The summed E-state index contributed by atoms with van der Waals surface area (Å²) in [6.45, 7) is 4.04. The van der Waals surface area contributed by atoms with Crippen LogP contribution in [0.5, 0.6) is 0 Å². The van der Waals surface area contributed by atoms with Gasteiger partial charge in [-0.05, 0) is 38.1 Å². The molecule has 88 valence electrons. The van der Waals surface area contributed by atoms with E-state index in [1.807, 2.05) is 62.4 Å². The molecule has 0 saturated heterocycles. The number of benzene rings is 2. The lowest BCUT2D eigenvalue weighted by atomic mass is 10.2. The number of rotatable bonds is 3. The molecule has 1 atom stereocenters. The van der Waals surface area contributed by atoms with Gasteiger partial charge in [0.1, 0.15) is 11.4 Å². The minimum absolute atomic E-state index is 0.788. The molecule has 0 amide bonds. The summed E-state index contributed by atoms with van der Waals surface area (Å²) in [5.74, 6) is 0. The molecule has 3 heteroatoms. The van der Waals surface area contributed by atoms with E-state index >= 15 is 0 Å². The second kappa shape index (κ2) is 5.25. The van der Waals surface area contributed by atoms with Crippen LogP contribution in [-0.4, -0.2) is 4.55 Å². The average molecular weight is 245 g/mol. The summed E-state index contributed by atoms with van der Waals surface area (Å²) in [4.78, 5) is 0.788. The van der Waals surface area contributed by atoms with Crippen molar-refractivity contribution in [1.82, 2.24) is 0 Å². The maximum atomic E-state index is 12.0. The highest BCUT2D eigenvalue weighted by Crippen LogP contribution is 2.16. The predicted molar refractivity (Wildman–Crippen MR) is 72.4 cm³/mol. The highest BCUT2D eigenvalue weighted by atomic mass is 32.2. The first-order chi connectivity index (χ1) is 8.15. The van der Waals surface area contributed by atoms with Crippen molar-refractivity contribution in [3.05, 3.63) is 59.7 Å². The topological polar surface area (TPSA) is 35.1 Å². The molecule has 0 spiro atoms. The fourth-order valence-electron chi connectivity index (χ4n) is 1.45. The Bertz CT molecular complexity index is 479. The third kappa shape index (κ3) is 3.25. The Morgan fingerprint density at radius 2 is 1.29 bits per heavy atom. The summed E-state index contributed by atoms with van der Waals surface area (Å²) < 4.78 is 15.0. The van der Waals surface area contributed by atoms with Crippen LogP contribution >= 0.6 is 0 Å². The fraction of sp³-hybridized carbons (Fsp3) is 0.143. The van der Waals surface area contributed by atoms with Crippen LogP contribution < -0.4 is 4.72 Å². The lowest BCUT2D eigenvalue weighted by Crippen LogP contribution is -2.12. The van der Waals surface area contributed by atoms with Crippen molar-refractivity contribution in [2.75, 3.05) is 4.72 Å². The minimum atomic E-state index is -1.20. The van der Waals surface area contributed by atoms with Crippen molar-refractivity contribution < 1.29 is 4.55 Å². The van der Waals surface area contributed by atoms with Gasteiger partial charge in [-0.15, -0.1) is 0 Å². The number of hydrogen-bond acceptors (Lipinski definition) is 2. The molecule has 0 aliphatic heterocycles. The summed E-state index contributed by atoms with van der Waals surface area (Å²) in [7, 11) is 0. The highest BCUT2D eigenvalue weighted by Gasteiger charge is 2.10. The zero-order chi connectivity index (χ0) is 12.3. The molecule has 0 aliphatic rings. The van der Waals surface area contributed by atoms with Gasteiger partial charge in [0.25, 0.3) is 0 Å². The van der Waals surface area contributed by atoms with Gasteiger partial charge in [-0.2, -0.15) is 0 Å². The molecule has 2 rings (SSSR count). The molecular formula is C14H15NOS. The van der Waals surface area contributed by atoms with Crippen molar-refractivity contribution >= 4 is 17.0 Å². The molecule has 0 aromatic heterocycles. The van der Waals surface area contributed by atoms with Crippen LogP contribution in [-0.2, 0) is 11.4 Å². The minimum Gasteiger partial charge on any atom is -0.588 e. The smallest absolute Gasteiger partial charge is 0.179 e. The summed E-state index contributed by atoms with van der Waals surface area (Å²) in [6.07, 6.45) is 0. The van der Waals surface area contributed by atoms with Crippen LogP contribution in [0.3, 0.4) is 0 Å². The monoisotopic (exact) mass is 245 g/mol. The largest absolute Gasteiger partial charge is 0.588 e. The first-order valence-corrected chi connectivity index (χ1v) is 6.62. The van der Waals surface area contributed by atoms with E-state index < -0.39 is 11.4 Å². The molecule has 2 nitrogen and oxygen atoms in total. The van der Waals surface area contributed by atoms with Gasteiger partial charge in [-0.25, -0.2) is 4.72 Å². The van der Waals surface area contributed by atoms with Crippen LogP contribution in [0.2, 0.25) is 0 Å². The zero-order valence-electron chi connectivity index (χ0n) is 9.94. The van der Waals surface area contributed by atoms with Crippen LogP contribution in [0.1, 0.15) is 11.1 Å². The Hall–Kier alpha value is -1.45. The number of hydrogen-bond donors (Lipinski definition) is 1. The third-order valence-electron chi connectivity index (χ3n) is 2.50. The molecule has 1 N–H and O–H groups in total. The molecular weight excluding hydrogens is 230 g/mol. The number of nitrogens with one attached hydrogen (secondary N) is 1.